The molecule has 33 heavy (non-hydrogen) atoms. The van der Waals surface area contributed by atoms with Crippen molar-refractivity contribution in [3.63, 3.8) is 0 Å². The van der Waals surface area contributed by atoms with E-state index >= 15 is 0 Å². The maximum absolute atomic E-state index is 14.1. The molecule has 0 bridgehead atoms. The van der Waals surface area contributed by atoms with Crippen LogP contribution in [-0.2, 0) is 4.74 Å². The Morgan fingerprint density at radius 1 is 1.09 bits per heavy atom. The van der Waals surface area contributed by atoms with Crippen molar-refractivity contribution in [3.05, 3.63) is 34.9 Å². The lowest BCUT2D eigenvalue weighted by molar-refractivity contribution is -0.152. The molecule has 1 heterocycles. The zero-order chi connectivity index (χ0) is 24.7. The molecule has 3 N–H and O–H groups in total. The van der Waals surface area contributed by atoms with Crippen LogP contribution < -0.4 is 0 Å². The lowest BCUT2D eigenvalue weighted by atomic mass is 9.56. The number of rotatable bonds is 2. The fourth-order valence-electron chi connectivity index (χ4n) is 5.85. The Bertz CT molecular complexity index is 1070. The second kappa shape index (κ2) is 7.45. The first kappa shape index (κ1) is 24.5. The summed E-state index contributed by atoms with van der Waals surface area (Å²) in [5, 5.41) is 30.9. The quantitative estimate of drug-likeness (QED) is 0.510. The van der Waals surface area contributed by atoms with E-state index in [1.807, 2.05) is 13.8 Å². The van der Waals surface area contributed by atoms with Gasteiger partial charge < -0.3 is 20.1 Å². The summed E-state index contributed by atoms with van der Waals surface area (Å²) in [6.07, 6.45) is 2.58. The van der Waals surface area contributed by atoms with Gasteiger partial charge in [0.05, 0.1) is 22.1 Å². The van der Waals surface area contributed by atoms with Crippen LogP contribution in [0.15, 0.2) is 23.8 Å². The molecular formula is C25H30Cl2O6. The molecule has 2 aliphatic carbocycles. The molecule has 0 aromatic heterocycles. The van der Waals surface area contributed by atoms with Gasteiger partial charge in [-0.1, -0.05) is 19.9 Å². The molecule has 5 unspecified atom stereocenters. The Hall–Kier alpha value is -1.60. The highest BCUT2D eigenvalue weighted by Crippen LogP contribution is 2.56. The van der Waals surface area contributed by atoms with E-state index in [0.717, 1.165) is 6.07 Å². The highest BCUT2D eigenvalue weighted by Gasteiger charge is 2.62. The minimum Gasteiger partial charge on any atom is -0.508 e. The number of carbonyl (C=O) groups excluding carboxylic acids is 2. The molecule has 4 rings (SSSR count). The van der Waals surface area contributed by atoms with E-state index in [4.69, 9.17) is 27.9 Å². The van der Waals surface area contributed by atoms with Crippen molar-refractivity contribution in [3.8, 4) is 11.5 Å². The van der Waals surface area contributed by atoms with Crippen LogP contribution >= 0.6 is 23.2 Å². The highest BCUT2D eigenvalue weighted by molar-refractivity contribution is 6.30. The molecule has 1 saturated carbocycles. The van der Waals surface area contributed by atoms with E-state index in [1.54, 1.807) is 20.8 Å². The summed E-state index contributed by atoms with van der Waals surface area (Å²) in [4.78, 5) is 27.7. The first-order valence-electron chi connectivity index (χ1n) is 11.1. The van der Waals surface area contributed by atoms with Gasteiger partial charge in [0.25, 0.3) is 0 Å². The van der Waals surface area contributed by atoms with Gasteiger partial charge >= 0.3 is 0 Å². The maximum atomic E-state index is 14.1. The molecule has 180 valence electrons. The van der Waals surface area contributed by atoms with Crippen LogP contribution in [0.5, 0.6) is 11.5 Å². The molecule has 1 fully saturated rings. The summed E-state index contributed by atoms with van der Waals surface area (Å²) in [5.74, 6) is -2.48. The van der Waals surface area contributed by atoms with Gasteiger partial charge in [0.2, 0.25) is 0 Å². The largest absolute Gasteiger partial charge is 0.508 e. The second-order valence-electron chi connectivity index (χ2n) is 11.0. The lowest BCUT2D eigenvalue weighted by Gasteiger charge is -2.55. The lowest BCUT2D eigenvalue weighted by Crippen LogP contribution is -2.63. The van der Waals surface area contributed by atoms with Gasteiger partial charge in [-0.3, -0.25) is 9.59 Å². The summed E-state index contributed by atoms with van der Waals surface area (Å²) in [5.41, 5.74) is -4.76. The number of ether oxygens (including phenoxy) is 1. The van der Waals surface area contributed by atoms with Gasteiger partial charge in [-0.15, -0.1) is 23.2 Å². The topological polar surface area (TPSA) is 104 Å². The van der Waals surface area contributed by atoms with Crippen LogP contribution in [-0.4, -0.2) is 54.4 Å². The molecule has 1 aromatic carbocycles. The van der Waals surface area contributed by atoms with Crippen molar-refractivity contribution in [2.24, 2.45) is 11.3 Å². The summed E-state index contributed by atoms with van der Waals surface area (Å²) < 4.78 is 6.43. The van der Waals surface area contributed by atoms with Crippen LogP contribution in [0.2, 0.25) is 0 Å². The number of halogens is 2. The number of hydrogen-bond acceptors (Lipinski definition) is 6. The van der Waals surface area contributed by atoms with Crippen molar-refractivity contribution in [1.82, 2.24) is 0 Å². The number of benzene rings is 1. The molecular weight excluding hydrogens is 467 g/mol. The van der Waals surface area contributed by atoms with Crippen LogP contribution in [0.3, 0.4) is 0 Å². The summed E-state index contributed by atoms with van der Waals surface area (Å²) in [6, 6.07) is 2.20. The fraction of sp³-hybridized carbons (Fsp3) is 0.600. The molecule has 0 spiro atoms. The molecule has 6 nitrogen and oxygen atoms in total. The predicted octanol–water partition coefficient (Wildman–Crippen LogP) is 4.74. The number of hydrogen-bond donors (Lipinski definition) is 3. The number of phenols is 2. The number of aliphatic hydroxyl groups is 1. The van der Waals surface area contributed by atoms with Crippen LogP contribution in [0.1, 0.15) is 74.6 Å². The number of alkyl halides is 2. The van der Waals surface area contributed by atoms with Crippen LogP contribution in [0, 0.1) is 11.3 Å². The third-order valence-electron chi connectivity index (χ3n) is 7.89. The Morgan fingerprint density at radius 3 is 2.36 bits per heavy atom. The zero-order valence-corrected chi connectivity index (χ0v) is 20.9. The van der Waals surface area contributed by atoms with Crippen molar-refractivity contribution >= 4 is 34.8 Å². The van der Waals surface area contributed by atoms with E-state index in [0.29, 0.717) is 12.8 Å². The number of Topliss-reactive ketones (excluding diaryl/α,β-unsaturated/α-hetero) is 2. The van der Waals surface area contributed by atoms with E-state index in [9.17, 15) is 24.9 Å². The van der Waals surface area contributed by atoms with E-state index < -0.39 is 50.8 Å². The van der Waals surface area contributed by atoms with Gasteiger partial charge in [-0.25, -0.2) is 0 Å². The minimum atomic E-state index is -1.75. The zero-order valence-electron chi connectivity index (χ0n) is 19.4. The van der Waals surface area contributed by atoms with Gasteiger partial charge in [0, 0.05) is 22.6 Å². The summed E-state index contributed by atoms with van der Waals surface area (Å²) in [7, 11) is 0. The van der Waals surface area contributed by atoms with E-state index in [1.165, 1.54) is 12.1 Å². The highest BCUT2D eigenvalue weighted by atomic mass is 35.5. The SMILES string of the molecule is CC1(O)CCC(Cl)C(C)(C)C1CC12OC(C)(C)C(Cl)C=C1C(=O)c1c(O)cc(O)cc1C2=O. The number of aromatic hydroxyl groups is 2. The molecule has 0 radical (unpaired) electrons. The molecule has 3 aliphatic rings. The number of phenolic OH excluding ortho intramolecular Hbond substituents is 2. The standard InChI is InChI=1S/C25H30Cl2O6/c1-22(2)16(24(5,32)7-6-17(22)26)11-25-14(10-18(27)23(3,4)33-25)20(30)19-13(21(25)31)8-12(28)9-15(19)29/h8-10,16-18,28-29,32H,6-7,11H2,1-5H3. The summed E-state index contributed by atoms with van der Waals surface area (Å²) in [6.45, 7) is 9.09. The fourth-order valence-corrected chi connectivity index (χ4v) is 6.28. The van der Waals surface area contributed by atoms with E-state index in [-0.39, 0.29) is 34.2 Å². The van der Waals surface area contributed by atoms with E-state index in [2.05, 4.69) is 0 Å². The normalized spacial score (nSPS) is 37.2. The number of fused-ring (bicyclic) bond motifs is 2. The van der Waals surface area contributed by atoms with Crippen molar-refractivity contribution in [2.75, 3.05) is 0 Å². The minimum absolute atomic E-state index is 0.00444. The molecule has 5 atom stereocenters. The van der Waals surface area contributed by atoms with Gasteiger partial charge in [-0.2, -0.15) is 0 Å². The third kappa shape index (κ3) is 3.53. The average molecular weight is 497 g/mol. The van der Waals surface area contributed by atoms with Crippen molar-refractivity contribution < 1.29 is 29.6 Å². The maximum Gasteiger partial charge on any atom is 0.200 e. The number of carbonyl (C=O) groups is 2. The molecule has 1 aromatic rings. The predicted molar refractivity (Wildman–Crippen MR) is 125 cm³/mol. The number of ketones is 2. The average Bonchev–Trinajstić information content (AvgIpc) is 2.68. The van der Waals surface area contributed by atoms with Crippen LogP contribution in [0.25, 0.3) is 0 Å². The molecule has 0 saturated heterocycles. The Labute approximate surface area is 203 Å². The smallest absolute Gasteiger partial charge is 0.200 e. The third-order valence-corrected chi connectivity index (χ3v) is 9.32. The van der Waals surface area contributed by atoms with Crippen molar-refractivity contribution in [1.29, 1.82) is 0 Å². The first-order valence-corrected chi connectivity index (χ1v) is 12.0. The summed E-state index contributed by atoms with van der Waals surface area (Å²) >= 11 is 13.2. The molecule has 0 amide bonds. The second-order valence-corrected chi connectivity index (χ2v) is 12.0. The van der Waals surface area contributed by atoms with Gasteiger partial charge in [0.1, 0.15) is 11.5 Å². The molecule has 8 heteroatoms. The Morgan fingerprint density at radius 2 is 1.73 bits per heavy atom. The van der Waals surface area contributed by atoms with Crippen LogP contribution in [0.4, 0.5) is 0 Å². The Balaban J connectivity index is 1.97. The van der Waals surface area contributed by atoms with Gasteiger partial charge in [0.15, 0.2) is 17.2 Å². The Kier molecular flexibility index (Phi) is 5.53. The van der Waals surface area contributed by atoms with Crippen molar-refractivity contribution in [2.45, 2.75) is 81.4 Å². The monoisotopic (exact) mass is 496 g/mol. The molecule has 1 aliphatic heterocycles. The van der Waals surface area contributed by atoms with Gasteiger partial charge in [-0.05, 0) is 57.4 Å². The first-order chi connectivity index (χ1) is 15.0.